The summed E-state index contributed by atoms with van der Waals surface area (Å²) >= 11 is 1.22. The molecule has 1 aliphatic heterocycles. The number of hydrogen-bond donors (Lipinski definition) is 1. The molecule has 2 amide bonds. The molecule has 10 heteroatoms. The van der Waals surface area contributed by atoms with E-state index in [1.165, 1.54) is 31.0 Å². The number of methoxy groups -OCH3 is 1. The van der Waals surface area contributed by atoms with Crippen molar-refractivity contribution in [2.45, 2.75) is 51.0 Å². The van der Waals surface area contributed by atoms with Gasteiger partial charge >= 0.3 is 6.61 Å². The van der Waals surface area contributed by atoms with E-state index in [9.17, 15) is 18.4 Å². The molecular formula is C24H27F2N3O4S. The topological polar surface area (TPSA) is 80.2 Å². The minimum atomic E-state index is -2.91. The molecule has 0 aliphatic carbocycles. The first-order chi connectivity index (χ1) is 16.3. The van der Waals surface area contributed by atoms with E-state index >= 15 is 0 Å². The van der Waals surface area contributed by atoms with Crippen LogP contribution in [-0.4, -0.2) is 46.9 Å². The number of ether oxygens (including phenoxy) is 2. The fraction of sp³-hybridized carbons (Fsp3) is 0.375. The zero-order valence-electron chi connectivity index (χ0n) is 19.2. The van der Waals surface area contributed by atoms with E-state index in [4.69, 9.17) is 4.74 Å². The highest BCUT2D eigenvalue weighted by Gasteiger charge is 2.41. The van der Waals surface area contributed by atoms with Crippen LogP contribution in [-0.2, 0) is 9.59 Å². The van der Waals surface area contributed by atoms with Gasteiger partial charge in [-0.15, -0.1) is 0 Å². The quantitative estimate of drug-likeness (QED) is 0.478. The van der Waals surface area contributed by atoms with Gasteiger partial charge in [-0.1, -0.05) is 37.2 Å². The second-order valence-electron chi connectivity index (χ2n) is 7.67. The molecule has 2 aromatic rings. The van der Waals surface area contributed by atoms with Gasteiger partial charge in [0.2, 0.25) is 11.8 Å². The fourth-order valence-electron chi connectivity index (χ4n) is 3.58. The molecule has 2 atom stereocenters. The van der Waals surface area contributed by atoms with Crippen LogP contribution in [0.2, 0.25) is 0 Å². The van der Waals surface area contributed by atoms with Gasteiger partial charge in [0.25, 0.3) is 0 Å². The van der Waals surface area contributed by atoms with E-state index < -0.39 is 11.9 Å². The Balaban J connectivity index is 1.77. The maximum absolute atomic E-state index is 13.2. The summed E-state index contributed by atoms with van der Waals surface area (Å²) in [6.07, 6.45) is 1.62. The number of amidine groups is 1. The second-order valence-corrected chi connectivity index (χ2v) is 8.84. The fourth-order valence-corrected chi connectivity index (χ4v) is 4.82. The van der Waals surface area contributed by atoms with E-state index in [1.807, 2.05) is 13.8 Å². The van der Waals surface area contributed by atoms with Crippen molar-refractivity contribution in [2.75, 3.05) is 12.4 Å². The molecule has 0 bridgehead atoms. The molecule has 1 fully saturated rings. The molecule has 182 valence electrons. The summed E-state index contributed by atoms with van der Waals surface area (Å²) in [4.78, 5) is 32.1. The summed E-state index contributed by atoms with van der Waals surface area (Å²) in [5, 5.41) is 2.65. The molecule has 3 rings (SSSR count). The number of alkyl halides is 2. The molecule has 0 aromatic heterocycles. The summed E-state index contributed by atoms with van der Waals surface area (Å²) in [7, 11) is 1.52. The van der Waals surface area contributed by atoms with Crippen LogP contribution in [0, 0.1) is 0 Å². The summed E-state index contributed by atoms with van der Waals surface area (Å²) in [6, 6.07) is 12.8. The number of thioether (sulfide) groups is 1. The average Bonchev–Trinajstić information content (AvgIpc) is 3.09. The molecule has 0 saturated carbocycles. The Labute approximate surface area is 201 Å². The van der Waals surface area contributed by atoms with Crippen LogP contribution in [0.4, 0.5) is 20.2 Å². The Morgan fingerprint density at radius 3 is 2.56 bits per heavy atom. The molecular weight excluding hydrogens is 464 g/mol. The highest BCUT2D eigenvalue weighted by Crippen LogP contribution is 2.35. The number of nitrogens with one attached hydrogen (secondary N) is 1. The second kappa shape index (κ2) is 11.8. The van der Waals surface area contributed by atoms with Crippen molar-refractivity contribution in [3.05, 3.63) is 48.5 Å². The van der Waals surface area contributed by atoms with Gasteiger partial charge in [-0.05, 0) is 49.7 Å². The Morgan fingerprint density at radius 2 is 1.91 bits per heavy atom. The third-order valence-corrected chi connectivity index (χ3v) is 6.30. The highest BCUT2D eigenvalue weighted by molar-refractivity contribution is 8.15. The van der Waals surface area contributed by atoms with E-state index in [-0.39, 0.29) is 30.0 Å². The Kier molecular flexibility index (Phi) is 8.86. The maximum Gasteiger partial charge on any atom is 0.387 e. The number of amides is 2. The van der Waals surface area contributed by atoms with E-state index in [0.717, 1.165) is 12.8 Å². The first kappa shape index (κ1) is 25.5. The number of carbonyl (C=O) groups excluding carboxylic acids is 2. The summed E-state index contributed by atoms with van der Waals surface area (Å²) < 4.78 is 34.4. The normalized spacial score (nSPS) is 17.8. The minimum Gasteiger partial charge on any atom is -0.495 e. The molecule has 0 unspecified atom stereocenters. The smallest absolute Gasteiger partial charge is 0.387 e. The van der Waals surface area contributed by atoms with Crippen LogP contribution in [0.15, 0.2) is 53.5 Å². The van der Waals surface area contributed by atoms with Gasteiger partial charge in [-0.3, -0.25) is 14.5 Å². The van der Waals surface area contributed by atoms with Crippen molar-refractivity contribution in [3.63, 3.8) is 0 Å². The lowest BCUT2D eigenvalue weighted by atomic mass is 10.1. The Hall–Kier alpha value is -3.14. The van der Waals surface area contributed by atoms with Crippen molar-refractivity contribution in [2.24, 2.45) is 4.99 Å². The van der Waals surface area contributed by atoms with Gasteiger partial charge in [-0.2, -0.15) is 8.78 Å². The molecule has 1 heterocycles. The van der Waals surface area contributed by atoms with Gasteiger partial charge in [-0.25, -0.2) is 4.99 Å². The first-order valence-corrected chi connectivity index (χ1v) is 11.8. The number of carbonyl (C=O) groups is 2. The van der Waals surface area contributed by atoms with E-state index in [1.54, 1.807) is 41.3 Å². The van der Waals surface area contributed by atoms with Crippen LogP contribution < -0.4 is 14.8 Å². The average molecular weight is 492 g/mol. The van der Waals surface area contributed by atoms with Crippen molar-refractivity contribution in [3.8, 4) is 11.5 Å². The Bertz CT molecular complexity index is 1030. The lowest BCUT2D eigenvalue weighted by molar-refractivity contribution is -0.129. The summed E-state index contributed by atoms with van der Waals surface area (Å²) in [5.41, 5.74) is 1.02. The molecule has 0 spiro atoms. The molecule has 1 aliphatic rings. The predicted octanol–water partition coefficient (Wildman–Crippen LogP) is 5.45. The standard InChI is InChI=1S/C24H27F2N3O4S/c1-4-7-15(2)29-22(31)20(14-21(30)28-18-8-5-6-9-19(18)32-3)34-24(29)27-16-10-12-17(13-11-16)33-23(25)26/h5-6,8-13,15,20,23H,4,7,14H2,1-3H3,(H,28,30)/t15-,20-/m0/s1. The number of nitrogens with zero attached hydrogens (tertiary/aromatic N) is 2. The molecule has 34 heavy (non-hydrogen) atoms. The summed E-state index contributed by atoms with van der Waals surface area (Å²) in [6.45, 7) is 1.06. The number of para-hydroxylation sites is 2. The van der Waals surface area contributed by atoms with Gasteiger partial charge in [0.15, 0.2) is 5.17 Å². The third-order valence-electron chi connectivity index (χ3n) is 5.15. The number of halogens is 2. The predicted molar refractivity (Wildman–Crippen MR) is 129 cm³/mol. The number of aliphatic imine (C=N–C) groups is 1. The van der Waals surface area contributed by atoms with Gasteiger partial charge in [0.1, 0.15) is 16.7 Å². The zero-order valence-corrected chi connectivity index (χ0v) is 20.0. The summed E-state index contributed by atoms with van der Waals surface area (Å²) in [5.74, 6) is 0.0582. The third kappa shape index (κ3) is 6.47. The molecule has 1 N–H and O–H groups in total. The van der Waals surface area contributed by atoms with Crippen molar-refractivity contribution in [1.29, 1.82) is 0 Å². The van der Waals surface area contributed by atoms with E-state index in [0.29, 0.717) is 22.3 Å². The van der Waals surface area contributed by atoms with Crippen molar-refractivity contribution >= 4 is 40.1 Å². The number of anilines is 1. The molecule has 0 radical (unpaired) electrons. The van der Waals surface area contributed by atoms with Gasteiger partial charge < -0.3 is 14.8 Å². The monoisotopic (exact) mass is 491 g/mol. The first-order valence-electron chi connectivity index (χ1n) is 10.9. The lowest BCUT2D eigenvalue weighted by Gasteiger charge is -2.24. The lowest BCUT2D eigenvalue weighted by Crippen LogP contribution is -2.40. The molecule has 7 nitrogen and oxygen atoms in total. The maximum atomic E-state index is 13.2. The molecule has 1 saturated heterocycles. The van der Waals surface area contributed by atoms with Crippen molar-refractivity contribution in [1.82, 2.24) is 4.90 Å². The van der Waals surface area contributed by atoms with Crippen LogP contribution in [0.25, 0.3) is 0 Å². The zero-order chi connectivity index (χ0) is 24.7. The largest absolute Gasteiger partial charge is 0.495 e. The number of hydrogen-bond acceptors (Lipinski definition) is 6. The highest BCUT2D eigenvalue weighted by atomic mass is 32.2. The molecule has 2 aromatic carbocycles. The minimum absolute atomic E-state index is 0.0243. The van der Waals surface area contributed by atoms with Crippen LogP contribution in [0.5, 0.6) is 11.5 Å². The van der Waals surface area contributed by atoms with Crippen molar-refractivity contribution < 1.29 is 27.8 Å². The SMILES string of the molecule is CCC[C@H](C)N1C(=O)[C@H](CC(=O)Nc2ccccc2OC)SC1=Nc1ccc(OC(F)F)cc1. The number of rotatable bonds is 10. The van der Waals surface area contributed by atoms with E-state index in [2.05, 4.69) is 15.0 Å². The van der Waals surface area contributed by atoms with Crippen LogP contribution in [0.1, 0.15) is 33.1 Å². The van der Waals surface area contributed by atoms with Gasteiger partial charge in [0, 0.05) is 12.5 Å². The van der Waals surface area contributed by atoms with Crippen LogP contribution in [0.3, 0.4) is 0 Å². The van der Waals surface area contributed by atoms with Crippen LogP contribution >= 0.6 is 11.8 Å². The number of benzene rings is 2. The Morgan fingerprint density at radius 1 is 1.21 bits per heavy atom. The van der Waals surface area contributed by atoms with Gasteiger partial charge in [0.05, 0.1) is 18.5 Å².